The Balaban J connectivity index is 2.69. The molecule has 130 valence electrons. The van der Waals surface area contributed by atoms with Crippen LogP contribution in [0.1, 0.15) is 11.1 Å². The van der Waals surface area contributed by atoms with Gasteiger partial charge in [-0.2, -0.15) is 0 Å². The zero-order chi connectivity index (χ0) is 18.4. The molecule has 0 aliphatic heterocycles. The minimum Gasteiger partial charge on any atom is -0.504 e. The van der Waals surface area contributed by atoms with Crippen LogP contribution in [0.3, 0.4) is 0 Å². The van der Waals surface area contributed by atoms with E-state index in [0.717, 1.165) is 6.26 Å². The second kappa shape index (κ2) is 7.81. The summed E-state index contributed by atoms with van der Waals surface area (Å²) in [5.41, 5.74) is 1.63. The predicted molar refractivity (Wildman–Crippen MR) is 96.6 cm³/mol. The van der Waals surface area contributed by atoms with E-state index in [-0.39, 0.29) is 10.5 Å². The van der Waals surface area contributed by atoms with E-state index >= 15 is 0 Å². The summed E-state index contributed by atoms with van der Waals surface area (Å²) in [6, 6.07) is 14.8. The minimum atomic E-state index is -3.33. The molecule has 2 rings (SSSR count). The number of ether oxygens (including phenoxy) is 1. The molecule has 0 saturated heterocycles. The van der Waals surface area contributed by atoms with E-state index in [1.807, 2.05) is 0 Å². The number of sulfone groups is 1. The van der Waals surface area contributed by atoms with E-state index in [1.165, 1.54) is 25.5 Å². The Kier molecular flexibility index (Phi) is 5.77. The number of carboxylic acids is 1. The molecule has 0 unspecified atom stereocenters. The highest BCUT2D eigenvalue weighted by molar-refractivity contribution is 7.90. The van der Waals surface area contributed by atoms with Crippen molar-refractivity contribution in [1.29, 1.82) is 0 Å². The Bertz CT molecular complexity index is 908. The lowest BCUT2D eigenvalue weighted by Crippen LogP contribution is -2.03. The smallest absolute Gasteiger partial charge is 0.336 e. The van der Waals surface area contributed by atoms with Gasteiger partial charge in [-0.05, 0) is 34.9 Å². The molecule has 0 amide bonds. The van der Waals surface area contributed by atoms with Gasteiger partial charge in [-0.3, -0.25) is 0 Å². The number of carboxylic acid groups (broad SMARTS) is 1. The Morgan fingerprint density at radius 3 is 2.08 bits per heavy atom. The van der Waals surface area contributed by atoms with Crippen molar-refractivity contribution in [3.05, 3.63) is 78.1 Å². The topological polar surface area (TPSA) is 80.7 Å². The van der Waals surface area contributed by atoms with E-state index < -0.39 is 15.8 Å². The molecule has 0 aliphatic rings. The third-order valence-electron chi connectivity index (χ3n) is 3.51. The number of aliphatic carboxylic acids is 1. The number of hydrogen-bond donors (Lipinski definition) is 1. The molecule has 0 saturated carbocycles. The summed E-state index contributed by atoms with van der Waals surface area (Å²) in [7, 11) is -1.86. The maximum absolute atomic E-state index is 11.9. The number of benzene rings is 2. The third-order valence-corrected chi connectivity index (χ3v) is 4.64. The van der Waals surface area contributed by atoms with Crippen molar-refractivity contribution in [3.8, 4) is 0 Å². The van der Waals surface area contributed by atoms with Crippen LogP contribution in [0.5, 0.6) is 0 Å². The van der Waals surface area contributed by atoms with Gasteiger partial charge in [0.15, 0.2) is 9.84 Å². The van der Waals surface area contributed by atoms with Crippen LogP contribution in [0.15, 0.2) is 71.8 Å². The van der Waals surface area contributed by atoms with Crippen LogP contribution < -0.4 is 0 Å². The van der Waals surface area contributed by atoms with Gasteiger partial charge in [0.1, 0.15) is 0 Å². The second-order valence-corrected chi connectivity index (χ2v) is 7.31. The fraction of sp³-hybridized carbons (Fsp3) is 0.105. The Morgan fingerprint density at radius 2 is 1.60 bits per heavy atom. The number of allylic oxidation sites excluding steroid dienone is 2. The van der Waals surface area contributed by atoms with Crippen molar-refractivity contribution in [2.24, 2.45) is 0 Å². The van der Waals surface area contributed by atoms with Gasteiger partial charge in [-0.15, -0.1) is 0 Å². The van der Waals surface area contributed by atoms with Gasteiger partial charge in [0.2, 0.25) is 0 Å². The molecule has 1 N–H and O–H groups in total. The SMILES string of the molecule is COC=CC(=C(C(=O)O)c1ccccc1)c1ccc(S(C)(=O)=O)cc1. The third kappa shape index (κ3) is 4.58. The highest BCUT2D eigenvalue weighted by atomic mass is 32.2. The summed E-state index contributed by atoms with van der Waals surface area (Å²) >= 11 is 0. The number of methoxy groups -OCH3 is 1. The van der Waals surface area contributed by atoms with Gasteiger partial charge in [-0.25, -0.2) is 13.2 Å². The molecule has 2 aromatic carbocycles. The van der Waals surface area contributed by atoms with E-state index in [1.54, 1.807) is 48.5 Å². The lowest BCUT2D eigenvalue weighted by Gasteiger charge is -2.11. The first kappa shape index (κ1) is 18.5. The number of hydrogen-bond acceptors (Lipinski definition) is 4. The van der Waals surface area contributed by atoms with Crippen molar-refractivity contribution in [1.82, 2.24) is 0 Å². The summed E-state index contributed by atoms with van der Waals surface area (Å²) in [5, 5.41) is 9.71. The zero-order valence-corrected chi connectivity index (χ0v) is 14.7. The van der Waals surface area contributed by atoms with Crippen molar-refractivity contribution in [3.63, 3.8) is 0 Å². The van der Waals surface area contributed by atoms with Crippen molar-refractivity contribution in [2.75, 3.05) is 13.4 Å². The van der Waals surface area contributed by atoms with Crippen LogP contribution >= 0.6 is 0 Å². The zero-order valence-electron chi connectivity index (χ0n) is 13.8. The van der Waals surface area contributed by atoms with Crippen LogP contribution in [-0.4, -0.2) is 32.9 Å². The van der Waals surface area contributed by atoms with Crippen molar-refractivity contribution >= 4 is 27.0 Å². The number of carbonyl (C=O) groups is 1. The first-order valence-corrected chi connectivity index (χ1v) is 9.26. The van der Waals surface area contributed by atoms with Gasteiger partial charge < -0.3 is 9.84 Å². The van der Waals surface area contributed by atoms with Crippen LogP contribution in [0.4, 0.5) is 0 Å². The molecular formula is C19H18O5S. The highest BCUT2D eigenvalue weighted by Crippen LogP contribution is 2.28. The van der Waals surface area contributed by atoms with E-state index in [0.29, 0.717) is 16.7 Å². The Labute approximate surface area is 146 Å². The van der Waals surface area contributed by atoms with Crippen LogP contribution in [0.2, 0.25) is 0 Å². The quantitative estimate of drug-likeness (QED) is 0.371. The lowest BCUT2D eigenvalue weighted by atomic mass is 9.94. The molecule has 0 fully saturated rings. The van der Waals surface area contributed by atoms with Crippen molar-refractivity contribution in [2.45, 2.75) is 4.90 Å². The van der Waals surface area contributed by atoms with Crippen LogP contribution in [0, 0.1) is 0 Å². The minimum absolute atomic E-state index is 0.0982. The van der Waals surface area contributed by atoms with Gasteiger partial charge in [0.25, 0.3) is 0 Å². The summed E-state index contributed by atoms with van der Waals surface area (Å²) in [4.78, 5) is 12.0. The predicted octanol–water partition coefficient (Wildman–Crippen LogP) is 3.25. The number of rotatable bonds is 6. The summed E-state index contributed by atoms with van der Waals surface area (Å²) in [5.74, 6) is -1.09. The summed E-state index contributed by atoms with van der Waals surface area (Å²) < 4.78 is 28.2. The van der Waals surface area contributed by atoms with Gasteiger partial charge >= 0.3 is 5.97 Å². The molecule has 6 heteroatoms. The molecule has 0 bridgehead atoms. The molecule has 0 aliphatic carbocycles. The monoisotopic (exact) mass is 358 g/mol. The Morgan fingerprint density at radius 1 is 1.00 bits per heavy atom. The molecule has 2 aromatic rings. The molecule has 25 heavy (non-hydrogen) atoms. The Hall–Kier alpha value is -2.86. The molecule has 0 aromatic heterocycles. The fourth-order valence-corrected chi connectivity index (χ4v) is 2.97. The maximum atomic E-state index is 11.9. The molecule has 0 heterocycles. The van der Waals surface area contributed by atoms with Gasteiger partial charge in [0.05, 0.1) is 23.8 Å². The molecule has 0 spiro atoms. The highest BCUT2D eigenvalue weighted by Gasteiger charge is 2.17. The summed E-state index contributed by atoms with van der Waals surface area (Å²) in [6.45, 7) is 0. The molecular weight excluding hydrogens is 340 g/mol. The lowest BCUT2D eigenvalue weighted by molar-refractivity contribution is -0.130. The fourth-order valence-electron chi connectivity index (χ4n) is 2.34. The van der Waals surface area contributed by atoms with E-state index in [9.17, 15) is 18.3 Å². The van der Waals surface area contributed by atoms with Crippen LogP contribution in [-0.2, 0) is 19.4 Å². The first-order chi connectivity index (χ1) is 11.8. The summed E-state index contributed by atoms with van der Waals surface area (Å²) in [6.07, 6.45) is 4.05. The van der Waals surface area contributed by atoms with Gasteiger partial charge in [0, 0.05) is 6.26 Å². The van der Waals surface area contributed by atoms with Crippen molar-refractivity contribution < 1.29 is 23.1 Å². The molecule has 5 nitrogen and oxygen atoms in total. The molecule has 0 radical (unpaired) electrons. The standard InChI is InChI=1S/C19H18O5S/c1-24-13-12-17(14-8-10-16(11-9-14)25(2,22)23)18(19(20)21)15-6-4-3-5-7-15/h3-13H,1-2H3,(H,20,21). The average molecular weight is 358 g/mol. The average Bonchev–Trinajstić information content (AvgIpc) is 2.58. The largest absolute Gasteiger partial charge is 0.504 e. The molecule has 0 atom stereocenters. The van der Waals surface area contributed by atoms with Gasteiger partial charge in [-0.1, -0.05) is 42.5 Å². The first-order valence-electron chi connectivity index (χ1n) is 7.37. The van der Waals surface area contributed by atoms with E-state index in [4.69, 9.17) is 4.74 Å². The van der Waals surface area contributed by atoms with E-state index in [2.05, 4.69) is 0 Å². The van der Waals surface area contributed by atoms with Crippen LogP contribution in [0.25, 0.3) is 11.1 Å². The normalized spacial score (nSPS) is 12.7. The maximum Gasteiger partial charge on any atom is 0.336 e. The second-order valence-electron chi connectivity index (χ2n) is 5.29.